The summed E-state index contributed by atoms with van der Waals surface area (Å²) in [7, 11) is 3.84. The van der Waals surface area contributed by atoms with E-state index in [0.29, 0.717) is 11.6 Å². The number of carbonyl (C=O) groups excluding carboxylic acids is 1. The van der Waals surface area contributed by atoms with Gasteiger partial charge < -0.3 is 15.5 Å². The van der Waals surface area contributed by atoms with Crippen LogP contribution < -0.4 is 15.5 Å². The van der Waals surface area contributed by atoms with Gasteiger partial charge in [0, 0.05) is 19.1 Å². The zero-order chi connectivity index (χ0) is 12.8. The number of nitrogens with one attached hydrogen (secondary N) is 2. The molecular weight excluding hydrogens is 238 g/mol. The van der Waals surface area contributed by atoms with E-state index in [1.54, 1.807) is 12.1 Å². The molecular formula is C12H18ClN3O. The summed E-state index contributed by atoms with van der Waals surface area (Å²) in [6.07, 6.45) is 0. The van der Waals surface area contributed by atoms with Crippen LogP contribution in [-0.4, -0.2) is 33.1 Å². The average Bonchev–Trinajstić information content (AvgIpc) is 2.26. The summed E-state index contributed by atoms with van der Waals surface area (Å²) in [4.78, 5) is 13.6. The summed E-state index contributed by atoms with van der Waals surface area (Å²) in [5.41, 5.74) is 1.66. The molecule has 0 bridgehead atoms. The fourth-order valence-electron chi connectivity index (χ4n) is 1.43. The molecule has 0 atom stereocenters. The monoisotopic (exact) mass is 255 g/mol. The number of amides is 1. The van der Waals surface area contributed by atoms with Crippen molar-refractivity contribution in [2.45, 2.75) is 6.92 Å². The van der Waals surface area contributed by atoms with E-state index in [4.69, 9.17) is 11.6 Å². The highest BCUT2D eigenvalue weighted by Gasteiger charge is 2.08. The fraction of sp³-hybridized carbons (Fsp3) is 0.417. The zero-order valence-corrected chi connectivity index (χ0v) is 11.1. The first kappa shape index (κ1) is 13.8. The molecule has 0 radical (unpaired) electrons. The highest BCUT2D eigenvalue weighted by Crippen LogP contribution is 2.27. The molecule has 0 aliphatic rings. The summed E-state index contributed by atoms with van der Waals surface area (Å²) in [5.74, 6) is -0.0720. The van der Waals surface area contributed by atoms with Gasteiger partial charge in [-0.2, -0.15) is 0 Å². The molecule has 1 aromatic carbocycles. The van der Waals surface area contributed by atoms with Gasteiger partial charge in [-0.3, -0.25) is 4.79 Å². The average molecular weight is 256 g/mol. The number of benzene rings is 1. The summed E-state index contributed by atoms with van der Waals surface area (Å²) in [6.45, 7) is 3.03. The van der Waals surface area contributed by atoms with E-state index < -0.39 is 0 Å². The molecule has 2 N–H and O–H groups in total. The van der Waals surface area contributed by atoms with Crippen molar-refractivity contribution in [2.24, 2.45) is 0 Å². The first-order chi connectivity index (χ1) is 8.04. The van der Waals surface area contributed by atoms with E-state index in [-0.39, 0.29) is 5.91 Å². The number of halogens is 1. The number of hydrogen-bond donors (Lipinski definition) is 2. The molecule has 0 unspecified atom stereocenters. The SMILES string of the molecule is CCNCC(=O)Nc1cc(Cl)ccc1N(C)C. The van der Waals surface area contributed by atoms with E-state index in [2.05, 4.69) is 10.6 Å². The molecule has 17 heavy (non-hydrogen) atoms. The van der Waals surface area contributed by atoms with Crippen molar-refractivity contribution in [3.8, 4) is 0 Å². The molecule has 0 saturated carbocycles. The molecule has 0 aliphatic carbocycles. The standard InChI is InChI=1S/C12H18ClN3O/c1-4-14-8-12(17)15-10-7-9(13)5-6-11(10)16(2)3/h5-7,14H,4,8H2,1-3H3,(H,15,17). The van der Waals surface area contributed by atoms with Gasteiger partial charge in [-0.05, 0) is 24.7 Å². The second-order valence-corrected chi connectivity index (χ2v) is 4.32. The third-order valence-electron chi connectivity index (χ3n) is 2.25. The number of rotatable bonds is 5. The number of nitrogens with zero attached hydrogens (tertiary/aromatic N) is 1. The third kappa shape index (κ3) is 4.24. The van der Waals surface area contributed by atoms with Gasteiger partial charge in [0.05, 0.1) is 17.9 Å². The van der Waals surface area contributed by atoms with Crippen molar-refractivity contribution in [2.75, 3.05) is 37.4 Å². The fourth-order valence-corrected chi connectivity index (χ4v) is 1.60. The highest BCUT2D eigenvalue weighted by molar-refractivity contribution is 6.31. The minimum absolute atomic E-state index is 0.0720. The van der Waals surface area contributed by atoms with E-state index in [0.717, 1.165) is 17.9 Å². The Balaban J connectivity index is 2.81. The molecule has 5 heteroatoms. The Bertz CT molecular complexity index is 393. The van der Waals surface area contributed by atoms with Crippen molar-refractivity contribution in [1.29, 1.82) is 0 Å². The normalized spacial score (nSPS) is 10.1. The molecule has 1 aromatic rings. The minimum Gasteiger partial charge on any atom is -0.376 e. The van der Waals surface area contributed by atoms with Crippen LogP contribution in [0.25, 0.3) is 0 Å². The van der Waals surface area contributed by atoms with Crippen LogP contribution in [0.5, 0.6) is 0 Å². The van der Waals surface area contributed by atoms with Gasteiger partial charge in [-0.1, -0.05) is 18.5 Å². The van der Waals surface area contributed by atoms with E-state index >= 15 is 0 Å². The lowest BCUT2D eigenvalue weighted by Crippen LogP contribution is -2.28. The molecule has 0 aliphatic heterocycles. The van der Waals surface area contributed by atoms with Crippen LogP contribution in [0.4, 0.5) is 11.4 Å². The predicted molar refractivity (Wildman–Crippen MR) is 73.0 cm³/mol. The van der Waals surface area contributed by atoms with Gasteiger partial charge in [0.1, 0.15) is 0 Å². The Labute approximate surface area is 107 Å². The Morgan fingerprint density at radius 3 is 2.71 bits per heavy atom. The number of carbonyl (C=O) groups is 1. The van der Waals surface area contributed by atoms with Crippen LogP contribution in [0.3, 0.4) is 0 Å². The first-order valence-corrected chi connectivity index (χ1v) is 5.89. The van der Waals surface area contributed by atoms with E-state index in [1.165, 1.54) is 0 Å². The highest BCUT2D eigenvalue weighted by atomic mass is 35.5. The van der Waals surface area contributed by atoms with E-state index in [9.17, 15) is 4.79 Å². The molecule has 4 nitrogen and oxygen atoms in total. The maximum atomic E-state index is 11.6. The van der Waals surface area contributed by atoms with Gasteiger partial charge in [0.25, 0.3) is 0 Å². The van der Waals surface area contributed by atoms with Gasteiger partial charge in [-0.25, -0.2) is 0 Å². The van der Waals surface area contributed by atoms with Crippen LogP contribution in [-0.2, 0) is 4.79 Å². The Morgan fingerprint density at radius 2 is 2.12 bits per heavy atom. The first-order valence-electron chi connectivity index (χ1n) is 5.52. The lowest BCUT2D eigenvalue weighted by Gasteiger charge is -2.18. The van der Waals surface area contributed by atoms with Gasteiger partial charge in [-0.15, -0.1) is 0 Å². The van der Waals surface area contributed by atoms with Crippen LogP contribution in [0.15, 0.2) is 18.2 Å². The van der Waals surface area contributed by atoms with Gasteiger partial charge >= 0.3 is 0 Å². The Hall–Kier alpha value is -1.26. The number of likely N-dealkylation sites (N-methyl/N-ethyl adjacent to an activating group) is 1. The molecule has 0 saturated heterocycles. The van der Waals surface area contributed by atoms with Crippen molar-refractivity contribution in [3.63, 3.8) is 0 Å². The smallest absolute Gasteiger partial charge is 0.238 e. The predicted octanol–water partition coefficient (Wildman–Crippen LogP) is 1.95. The molecule has 1 rings (SSSR count). The maximum absolute atomic E-state index is 11.6. The lowest BCUT2D eigenvalue weighted by molar-refractivity contribution is -0.115. The quantitative estimate of drug-likeness (QED) is 0.845. The van der Waals surface area contributed by atoms with Crippen LogP contribution in [0.1, 0.15) is 6.92 Å². The summed E-state index contributed by atoms with van der Waals surface area (Å²) in [5, 5.41) is 6.42. The minimum atomic E-state index is -0.0720. The molecule has 0 heterocycles. The van der Waals surface area contributed by atoms with Crippen molar-refractivity contribution >= 4 is 28.9 Å². The lowest BCUT2D eigenvalue weighted by atomic mass is 10.2. The topological polar surface area (TPSA) is 44.4 Å². The summed E-state index contributed by atoms with van der Waals surface area (Å²) < 4.78 is 0. The zero-order valence-electron chi connectivity index (χ0n) is 10.4. The second-order valence-electron chi connectivity index (χ2n) is 3.88. The van der Waals surface area contributed by atoms with Gasteiger partial charge in [0.2, 0.25) is 5.91 Å². The van der Waals surface area contributed by atoms with Gasteiger partial charge in [0.15, 0.2) is 0 Å². The van der Waals surface area contributed by atoms with Crippen molar-refractivity contribution < 1.29 is 4.79 Å². The van der Waals surface area contributed by atoms with Crippen molar-refractivity contribution in [3.05, 3.63) is 23.2 Å². The second kappa shape index (κ2) is 6.47. The van der Waals surface area contributed by atoms with Crippen LogP contribution in [0, 0.1) is 0 Å². The number of anilines is 2. The van der Waals surface area contributed by atoms with Crippen LogP contribution in [0.2, 0.25) is 5.02 Å². The molecule has 1 amide bonds. The van der Waals surface area contributed by atoms with Crippen LogP contribution >= 0.6 is 11.6 Å². The third-order valence-corrected chi connectivity index (χ3v) is 2.49. The Kier molecular flexibility index (Phi) is 5.25. The van der Waals surface area contributed by atoms with E-state index in [1.807, 2.05) is 32.0 Å². The molecule has 0 spiro atoms. The Morgan fingerprint density at radius 1 is 1.41 bits per heavy atom. The molecule has 94 valence electrons. The largest absolute Gasteiger partial charge is 0.376 e. The summed E-state index contributed by atoms with van der Waals surface area (Å²) in [6, 6.07) is 5.43. The number of hydrogen-bond acceptors (Lipinski definition) is 3. The maximum Gasteiger partial charge on any atom is 0.238 e. The van der Waals surface area contributed by atoms with Crippen molar-refractivity contribution in [1.82, 2.24) is 5.32 Å². The molecule has 0 aromatic heterocycles. The summed E-state index contributed by atoms with van der Waals surface area (Å²) >= 11 is 5.92. The molecule has 0 fully saturated rings.